The number of fused-ring (bicyclic) bond motifs is 8. The minimum atomic E-state index is 0.299. The van der Waals surface area contributed by atoms with Crippen LogP contribution in [0.3, 0.4) is 0 Å². The molecule has 0 unspecified atom stereocenters. The number of rotatable bonds is 4. The summed E-state index contributed by atoms with van der Waals surface area (Å²) in [7, 11) is 0. The standard InChI is InChI=1S/C23H27N/c1-6-14-24(15-7-1)16-8-13-23-17-20(18-9-2-4-11-21(18)23)19-10-3-5-12-22(19)23/h2-5,9-12,20H,1,6-8,13-17H2. The van der Waals surface area contributed by atoms with Crippen LogP contribution >= 0.6 is 0 Å². The fourth-order valence-corrected chi connectivity index (χ4v) is 5.73. The van der Waals surface area contributed by atoms with Gasteiger partial charge < -0.3 is 4.90 Å². The molecule has 0 spiro atoms. The minimum absolute atomic E-state index is 0.299. The molecule has 0 aromatic heterocycles. The first-order valence-electron chi connectivity index (χ1n) is 9.80. The quantitative estimate of drug-likeness (QED) is 0.759. The molecule has 1 fully saturated rings. The zero-order valence-corrected chi connectivity index (χ0v) is 14.5. The van der Waals surface area contributed by atoms with Gasteiger partial charge in [0.25, 0.3) is 0 Å². The Morgan fingerprint density at radius 1 is 0.833 bits per heavy atom. The van der Waals surface area contributed by atoms with Gasteiger partial charge in [-0.05, 0) is 74.0 Å². The number of likely N-dealkylation sites (tertiary alicyclic amines) is 1. The molecule has 24 heavy (non-hydrogen) atoms. The van der Waals surface area contributed by atoms with Crippen molar-refractivity contribution < 1.29 is 0 Å². The summed E-state index contributed by atoms with van der Waals surface area (Å²) in [6, 6.07) is 18.5. The summed E-state index contributed by atoms with van der Waals surface area (Å²) >= 11 is 0. The van der Waals surface area contributed by atoms with Gasteiger partial charge in [-0.15, -0.1) is 0 Å². The number of nitrogens with zero attached hydrogens (tertiary/aromatic N) is 1. The summed E-state index contributed by atoms with van der Waals surface area (Å²) in [6.45, 7) is 3.93. The number of hydrogen-bond acceptors (Lipinski definition) is 1. The van der Waals surface area contributed by atoms with Gasteiger partial charge in [0.05, 0.1) is 0 Å². The average molecular weight is 317 g/mol. The highest BCUT2D eigenvalue weighted by molar-refractivity contribution is 5.62. The number of hydrogen-bond donors (Lipinski definition) is 0. The summed E-state index contributed by atoms with van der Waals surface area (Å²) in [5.41, 5.74) is 6.77. The highest BCUT2D eigenvalue weighted by Crippen LogP contribution is 2.61. The summed E-state index contributed by atoms with van der Waals surface area (Å²) in [5, 5.41) is 0. The highest BCUT2D eigenvalue weighted by Gasteiger charge is 2.51. The van der Waals surface area contributed by atoms with Crippen LogP contribution in [-0.4, -0.2) is 24.5 Å². The lowest BCUT2D eigenvalue weighted by Gasteiger charge is -2.33. The van der Waals surface area contributed by atoms with Crippen molar-refractivity contribution in [3.8, 4) is 0 Å². The second-order valence-corrected chi connectivity index (χ2v) is 8.02. The van der Waals surface area contributed by atoms with Gasteiger partial charge in [0.1, 0.15) is 0 Å². The van der Waals surface area contributed by atoms with E-state index < -0.39 is 0 Å². The largest absolute Gasteiger partial charge is 0.303 e. The molecule has 0 atom stereocenters. The molecule has 2 aliphatic carbocycles. The first kappa shape index (κ1) is 14.7. The Morgan fingerprint density at radius 2 is 1.46 bits per heavy atom. The van der Waals surface area contributed by atoms with Gasteiger partial charge in [0, 0.05) is 11.3 Å². The van der Waals surface area contributed by atoms with Crippen LogP contribution < -0.4 is 0 Å². The normalized spacial score (nSPS) is 27.9. The zero-order chi connectivity index (χ0) is 16.0. The molecule has 124 valence electrons. The summed E-state index contributed by atoms with van der Waals surface area (Å²) < 4.78 is 0. The first-order chi connectivity index (χ1) is 11.9. The predicted molar refractivity (Wildman–Crippen MR) is 99.6 cm³/mol. The van der Waals surface area contributed by atoms with Crippen LogP contribution in [0.2, 0.25) is 0 Å². The van der Waals surface area contributed by atoms with Crippen LogP contribution in [0.15, 0.2) is 48.5 Å². The summed E-state index contributed by atoms with van der Waals surface area (Å²) in [4.78, 5) is 2.69. The van der Waals surface area contributed by atoms with Gasteiger partial charge in [0.15, 0.2) is 0 Å². The maximum Gasteiger partial charge on any atom is 0.0218 e. The highest BCUT2D eigenvalue weighted by atomic mass is 15.1. The van der Waals surface area contributed by atoms with Crippen LogP contribution in [0.1, 0.15) is 66.7 Å². The SMILES string of the molecule is c1ccc2c(c1)C1CC2(CCCN2CCCCC2)c2ccccc21. The topological polar surface area (TPSA) is 3.24 Å². The average Bonchev–Trinajstić information content (AvgIpc) is 3.16. The molecule has 5 rings (SSSR count). The van der Waals surface area contributed by atoms with E-state index in [2.05, 4.69) is 53.4 Å². The van der Waals surface area contributed by atoms with Crippen molar-refractivity contribution >= 4 is 0 Å². The Bertz CT molecular complexity index is 694. The molecule has 2 aromatic carbocycles. The maximum atomic E-state index is 2.69. The van der Waals surface area contributed by atoms with Crippen LogP contribution in [0.4, 0.5) is 0 Å². The van der Waals surface area contributed by atoms with Gasteiger partial charge in [-0.1, -0.05) is 55.0 Å². The summed E-state index contributed by atoms with van der Waals surface area (Å²) in [6.07, 6.45) is 8.19. The van der Waals surface area contributed by atoms with Crippen LogP contribution in [-0.2, 0) is 5.41 Å². The lowest BCUT2D eigenvalue weighted by atomic mass is 9.72. The van der Waals surface area contributed by atoms with E-state index in [9.17, 15) is 0 Å². The Balaban J connectivity index is 1.43. The molecule has 3 aliphatic rings. The molecule has 2 aromatic rings. The van der Waals surface area contributed by atoms with Crippen LogP contribution in [0.25, 0.3) is 0 Å². The molecule has 0 N–H and O–H groups in total. The number of piperidine rings is 1. The van der Waals surface area contributed by atoms with Gasteiger partial charge in [-0.2, -0.15) is 0 Å². The van der Waals surface area contributed by atoms with Crippen molar-refractivity contribution in [2.24, 2.45) is 0 Å². The second-order valence-electron chi connectivity index (χ2n) is 8.02. The van der Waals surface area contributed by atoms with Gasteiger partial charge in [0.2, 0.25) is 0 Å². The van der Waals surface area contributed by atoms with Crippen molar-refractivity contribution in [3.05, 3.63) is 70.8 Å². The Hall–Kier alpha value is -1.60. The van der Waals surface area contributed by atoms with E-state index in [0.717, 1.165) is 0 Å². The molecule has 0 radical (unpaired) electrons. The number of benzene rings is 2. The fourth-order valence-electron chi connectivity index (χ4n) is 5.73. The third-order valence-electron chi connectivity index (χ3n) is 6.78. The molecule has 0 amide bonds. The lowest BCUT2D eigenvalue weighted by molar-refractivity contribution is 0.219. The van der Waals surface area contributed by atoms with Crippen molar-refractivity contribution in [1.82, 2.24) is 4.90 Å². The molecule has 1 heterocycles. The molecule has 1 saturated heterocycles. The van der Waals surface area contributed by atoms with Gasteiger partial charge in [-0.25, -0.2) is 0 Å². The Labute approximate surface area is 145 Å². The molecule has 2 bridgehead atoms. The predicted octanol–water partition coefficient (Wildman–Crippen LogP) is 5.09. The smallest absolute Gasteiger partial charge is 0.0218 e. The molecule has 0 saturated carbocycles. The van der Waals surface area contributed by atoms with Crippen molar-refractivity contribution in [1.29, 1.82) is 0 Å². The second kappa shape index (κ2) is 5.74. The molecule has 1 heteroatoms. The summed E-state index contributed by atoms with van der Waals surface area (Å²) in [5.74, 6) is 0.646. The monoisotopic (exact) mass is 317 g/mol. The Morgan fingerprint density at radius 3 is 2.12 bits per heavy atom. The van der Waals surface area contributed by atoms with E-state index in [-0.39, 0.29) is 0 Å². The van der Waals surface area contributed by atoms with Crippen molar-refractivity contribution in [3.63, 3.8) is 0 Å². The molecular weight excluding hydrogens is 290 g/mol. The van der Waals surface area contributed by atoms with Gasteiger partial charge in [-0.3, -0.25) is 0 Å². The maximum absolute atomic E-state index is 2.69. The minimum Gasteiger partial charge on any atom is -0.303 e. The fraction of sp³-hybridized carbons (Fsp3) is 0.478. The van der Waals surface area contributed by atoms with Crippen molar-refractivity contribution in [2.45, 2.75) is 49.9 Å². The third kappa shape index (κ3) is 2.10. The Kier molecular flexibility index (Phi) is 3.52. The van der Waals surface area contributed by atoms with E-state index in [1.165, 1.54) is 58.2 Å². The zero-order valence-electron chi connectivity index (χ0n) is 14.5. The first-order valence-corrected chi connectivity index (χ1v) is 9.80. The molecule has 1 nitrogen and oxygen atoms in total. The van der Waals surface area contributed by atoms with E-state index in [1.54, 1.807) is 22.3 Å². The van der Waals surface area contributed by atoms with E-state index >= 15 is 0 Å². The van der Waals surface area contributed by atoms with Crippen LogP contribution in [0, 0.1) is 0 Å². The lowest BCUT2D eigenvalue weighted by Crippen LogP contribution is -2.32. The molecule has 1 aliphatic heterocycles. The van der Waals surface area contributed by atoms with E-state index in [4.69, 9.17) is 0 Å². The third-order valence-corrected chi connectivity index (χ3v) is 6.78. The van der Waals surface area contributed by atoms with Gasteiger partial charge >= 0.3 is 0 Å². The van der Waals surface area contributed by atoms with E-state index in [1.807, 2.05) is 0 Å². The van der Waals surface area contributed by atoms with Crippen molar-refractivity contribution in [2.75, 3.05) is 19.6 Å². The van der Waals surface area contributed by atoms with Crippen LogP contribution in [0.5, 0.6) is 0 Å². The van der Waals surface area contributed by atoms with E-state index in [0.29, 0.717) is 11.3 Å². The molecular formula is C23H27N.